The zero-order chi connectivity index (χ0) is 85.5. The van der Waals surface area contributed by atoms with Crippen molar-refractivity contribution in [2.75, 3.05) is 67.6 Å². The fourth-order valence-corrected chi connectivity index (χ4v) is 13.9. The molecule has 1 unspecified atom stereocenters. The maximum Gasteiger partial charge on any atom is 0.425 e. The number of phenolic OH excluding ortho intramolecular Hbond substituents is 1. The molecule has 16 nitrogen and oxygen atoms in total. The van der Waals surface area contributed by atoms with Crippen molar-refractivity contribution in [1.29, 1.82) is 0 Å². The van der Waals surface area contributed by atoms with Crippen molar-refractivity contribution >= 4 is 89.1 Å². The lowest BCUT2D eigenvalue weighted by molar-refractivity contribution is -0.126. The number of carbonyl (C=O) groups excluding carboxylic acids is 3. The first-order valence-corrected chi connectivity index (χ1v) is 39.0. The highest BCUT2D eigenvalue weighted by Gasteiger charge is 2.42. The molecule has 0 aliphatic carbocycles. The zero-order valence-electron chi connectivity index (χ0n) is 70.4. The first-order chi connectivity index (χ1) is 53.4. The third-order valence-electron chi connectivity index (χ3n) is 20.9. The highest BCUT2D eigenvalue weighted by Crippen LogP contribution is 2.49. The minimum absolute atomic E-state index is 0.0164. The second kappa shape index (κ2) is 35.4. The summed E-state index contributed by atoms with van der Waals surface area (Å²) < 4.78 is 62.2. The van der Waals surface area contributed by atoms with Gasteiger partial charge in [-0.1, -0.05) is 201 Å². The van der Waals surface area contributed by atoms with Gasteiger partial charge in [0.25, 0.3) is 0 Å². The molecule has 0 saturated heterocycles. The summed E-state index contributed by atoms with van der Waals surface area (Å²) in [7, 11) is 9.44. The lowest BCUT2D eigenvalue weighted by Gasteiger charge is -2.29. The van der Waals surface area contributed by atoms with E-state index in [9.17, 15) is 32.8 Å². The van der Waals surface area contributed by atoms with Crippen LogP contribution < -0.4 is 36.6 Å². The summed E-state index contributed by atoms with van der Waals surface area (Å²) in [5, 5.41) is 12.1. The average Bonchev–Trinajstić information content (AvgIpc) is 1.64. The van der Waals surface area contributed by atoms with E-state index in [4.69, 9.17) is 32.3 Å². The second-order valence-corrected chi connectivity index (χ2v) is 35.1. The smallest absolute Gasteiger partial charge is 0.425 e. The maximum atomic E-state index is 13.6. The van der Waals surface area contributed by atoms with Gasteiger partial charge < -0.3 is 39.3 Å². The van der Waals surface area contributed by atoms with Gasteiger partial charge in [0.15, 0.2) is 22.9 Å². The van der Waals surface area contributed by atoms with Crippen LogP contribution in [0.15, 0.2) is 194 Å². The van der Waals surface area contributed by atoms with Gasteiger partial charge in [-0.15, -0.1) is 12.6 Å². The van der Waals surface area contributed by atoms with Gasteiger partial charge in [-0.2, -0.15) is 4.39 Å². The number of para-hydroxylation sites is 1. The summed E-state index contributed by atoms with van der Waals surface area (Å²) in [5.41, 5.74) is 19.4. The number of Topliss-reactive ketones (excluding diaryl/α,β-unsaturated/α-hetero) is 3. The third kappa shape index (κ3) is 21.0. The molecule has 602 valence electrons. The molecule has 0 fully saturated rings. The number of fused-ring (bicyclic) bond motifs is 5. The molecule has 2 aromatic heterocycles. The number of hydrogen-bond acceptors (Lipinski definition) is 16. The SMILES string of the molecule is CC(C)(C)C(=O)c1cc2cc(F)c(O)c(F)c2oc1=O.CN(C)c1ccc(C#Cc2cc(C(C)(C)C)c(C#Cc3ccc(N(C)C)cc3)c3ccccc23)cc1.CN1/C(=C/C=C/C2N(C)c3ccccc3C2(C)C)C(C)(C)c2cc(CCC(=O)C(C)(C)C)ccc21.Cc1c(CC(=O)C(C)(C)C)c(=O)oc2cc(N)ccc12.O=S(=O)=O. The Bertz CT molecular complexity index is 5820. The van der Waals surface area contributed by atoms with E-state index in [0.717, 1.165) is 62.5 Å². The van der Waals surface area contributed by atoms with Crippen molar-refractivity contribution in [3.8, 4) is 29.4 Å². The number of likely N-dealkylation sites (N-methyl/N-ethyl adjacent to an activating group) is 2. The van der Waals surface area contributed by atoms with Crippen molar-refractivity contribution in [3.05, 3.63) is 269 Å². The van der Waals surface area contributed by atoms with Crippen molar-refractivity contribution in [2.24, 2.45) is 16.2 Å². The molecule has 4 heterocycles. The molecule has 0 amide bonds. The van der Waals surface area contributed by atoms with Crippen molar-refractivity contribution in [3.63, 3.8) is 0 Å². The normalized spacial score (nSPS) is 14.3. The number of carbonyl (C=O) groups is 3. The lowest BCUT2D eigenvalue weighted by atomic mass is 9.80. The predicted molar refractivity (Wildman–Crippen MR) is 463 cm³/mol. The van der Waals surface area contributed by atoms with E-state index in [-0.39, 0.29) is 44.8 Å². The van der Waals surface area contributed by atoms with Gasteiger partial charge in [0.05, 0.1) is 6.04 Å². The van der Waals surface area contributed by atoms with Crippen LogP contribution in [0.1, 0.15) is 183 Å². The molecule has 10 aromatic rings. The number of hydrogen-bond donors (Lipinski definition) is 2. The van der Waals surface area contributed by atoms with Gasteiger partial charge in [-0.05, 0) is 154 Å². The molecule has 0 radical (unpaired) electrons. The largest absolute Gasteiger partial charge is 0.503 e. The summed E-state index contributed by atoms with van der Waals surface area (Å²) >= 11 is 0. The van der Waals surface area contributed by atoms with Gasteiger partial charge in [-0.25, -0.2) is 14.0 Å². The van der Waals surface area contributed by atoms with E-state index in [1.54, 1.807) is 32.9 Å². The number of allylic oxidation sites excluding steroid dienone is 3. The van der Waals surface area contributed by atoms with E-state index >= 15 is 0 Å². The van der Waals surface area contributed by atoms with E-state index < -0.39 is 61.4 Å². The topological polar surface area (TPSA) is 222 Å². The van der Waals surface area contributed by atoms with E-state index in [1.807, 2.05) is 82.7 Å². The highest BCUT2D eigenvalue weighted by atomic mass is 32.2. The van der Waals surface area contributed by atoms with Crippen LogP contribution in [0.2, 0.25) is 0 Å². The quantitative estimate of drug-likeness (QED) is 0.0562. The van der Waals surface area contributed by atoms with Crippen LogP contribution in [0.3, 0.4) is 0 Å². The van der Waals surface area contributed by atoms with Crippen LogP contribution in [0.5, 0.6) is 5.75 Å². The molecule has 0 bridgehead atoms. The van der Waals surface area contributed by atoms with E-state index in [0.29, 0.717) is 35.1 Å². The van der Waals surface area contributed by atoms with Crippen LogP contribution in [0, 0.1) is 58.5 Å². The average molecular weight is 1580 g/mol. The summed E-state index contributed by atoms with van der Waals surface area (Å²) in [6.07, 6.45) is 8.37. The molecule has 115 heavy (non-hydrogen) atoms. The number of ketones is 3. The minimum atomic E-state index is -3.11. The standard InChI is InChI=1S/C34H34N2.C32H42N2O.C16H19NO3.C14H12F2O4.O3S/c1-34(2,3)33-24-27(18-12-25-13-19-28(20-14-25)35(4)5)30-10-8-9-11-31(30)32(33)23-17-26-15-21-29(22-16-26)36(6)7;1-30(2,3)29(35)20-18-22-17-19-26-24(21-22)32(6,7)28(34(26)9)16-12-15-27-31(4,5)23-13-10-11-14-25(23)33(27)8;1-9-11-6-5-10(17)7-13(11)20-15(19)12(9)8-14(18)16(2,3)4;1-14(2,3)12(18)7-4-6-5-8(15)10(17)9(16)11(6)20-13(7)19;1-4(2)3/h8-11,13-16,19-22,24H,1-7H3;10-17,19,21,27H,18,20H2,1-9H3;5-7H,8,17H2,1-4H3;4-5,17H,1-3H3;/b;15-12+,28-16+;;;. The van der Waals surface area contributed by atoms with E-state index in [1.165, 1.54) is 50.7 Å². The maximum absolute atomic E-state index is 13.6. The van der Waals surface area contributed by atoms with Gasteiger partial charge >= 0.3 is 21.9 Å². The molecule has 8 aromatic carbocycles. The van der Waals surface area contributed by atoms with Gasteiger partial charge in [0.1, 0.15) is 22.7 Å². The molecule has 19 heteroatoms. The first kappa shape index (κ1) is 88.9. The Kier molecular flexibility index (Phi) is 27.3. The third-order valence-corrected chi connectivity index (χ3v) is 20.9. The number of benzene rings is 8. The number of aryl methyl sites for hydroxylation is 2. The Morgan fingerprint density at radius 2 is 1.18 bits per heavy atom. The molecule has 2 aliphatic rings. The predicted octanol–water partition coefficient (Wildman–Crippen LogP) is 19.1. The number of phenols is 1. The fourth-order valence-electron chi connectivity index (χ4n) is 13.9. The molecule has 0 spiro atoms. The van der Waals surface area contributed by atoms with Gasteiger partial charge in [0.2, 0.25) is 5.82 Å². The number of nitrogen functional groups attached to an aromatic ring is 1. The molecule has 3 N–H and O–H groups in total. The molecule has 1 atom stereocenters. The molecular weight excluding hydrogens is 1470 g/mol. The van der Waals surface area contributed by atoms with Crippen LogP contribution in [-0.2, 0) is 49.3 Å². The van der Waals surface area contributed by atoms with E-state index in [2.05, 4.69) is 245 Å². The summed E-state index contributed by atoms with van der Waals surface area (Å²) in [6.45, 7) is 34.2. The molecule has 12 rings (SSSR count). The first-order valence-electron chi connectivity index (χ1n) is 38.0. The Balaban J connectivity index is 0.000000195. The lowest BCUT2D eigenvalue weighted by Crippen LogP contribution is -2.37. The van der Waals surface area contributed by atoms with Gasteiger partial charge in [0, 0.05) is 161 Å². The van der Waals surface area contributed by atoms with Crippen molar-refractivity contribution in [1.82, 2.24) is 0 Å². The fraction of sp³-hybridized carbons (Fsp3) is 0.344. The second-order valence-electron chi connectivity index (χ2n) is 34.7. The number of anilines is 5. The number of rotatable bonds is 10. The highest BCUT2D eigenvalue weighted by molar-refractivity contribution is 7.59. The minimum Gasteiger partial charge on any atom is -0.503 e. The van der Waals surface area contributed by atoms with Crippen molar-refractivity contribution in [2.45, 2.75) is 159 Å². The number of aromatic hydroxyl groups is 1. The molecule has 2 aliphatic heterocycles. The van der Waals surface area contributed by atoms with Crippen LogP contribution in [-0.4, -0.2) is 83.4 Å². The summed E-state index contributed by atoms with van der Waals surface area (Å²) in [5.74, 6) is 9.84. The monoisotopic (exact) mass is 1580 g/mol. The van der Waals surface area contributed by atoms with Gasteiger partial charge in [-0.3, -0.25) is 14.4 Å². The number of nitrogens with two attached hydrogens (primary N) is 1. The van der Waals surface area contributed by atoms with Crippen LogP contribution in [0.4, 0.5) is 37.2 Å². The number of halogens is 2. The Morgan fingerprint density at radius 1 is 0.626 bits per heavy atom. The Labute approximate surface area is 676 Å². The summed E-state index contributed by atoms with van der Waals surface area (Å²) in [4.78, 5) is 69.4. The Morgan fingerprint density at radius 3 is 1.73 bits per heavy atom. The zero-order valence-corrected chi connectivity index (χ0v) is 71.2. The van der Waals surface area contributed by atoms with Crippen molar-refractivity contribution < 1.29 is 49.7 Å². The summed E-state index contributed by atoms with van der Waals surface area (Å²) in [6, 6.07) is 50.3. The van der Waals surface area contributed by atoms with Crippen LogP contribution >= 0.6 is 0 Å². The van der Waals surface area contributed by atoms with Crippen LogP contribution in [0.25, 0.3) is 32.7 Å². The Hall–Kier alpha value is -11.7. The number of nitrogens with zero attached hydrogens (tertiary/aromatic N) is 4. The molecule has 0 saturated carbocycles. The molecular formula is C96H107F2N5O11S.